The van der Waals surface area contributed by atoms with Crippen LogP contribution in [-0.4, -0.2) is 36.3 Å². The molecule has 0 N–H and O–H groups in total. The molecule has 1 aromatic heterocycles. The highest BCUT2D eigenvalue weighted by Crippen LogP contribution is 2.38. The highest BCUT2D eigenvalue weighted by Gasteiger charge is 2.33. The Bertz CT molecular complexity index is 366. The number of hydrogen-bond acceptors (Lipinski definition) is 4. The Hall–Kier alpha value is -0.940. The molecule has 2 heterocycles. The molecule has 1 fully saturated rings. The first-order chi connectivity index (χ1) is 8.83. The van der Waals surface area contributed by atoms with Crippen LogP contribution in [0.5, 0.6) is 0 Å². The average Bonchev–Trinajstić information content (AvgIpc) is 2.99. The van der Waals surface area contributed by atoms with E-state index in [1.807, 2.05) is 17.0 Å². The number of rotatable bonds is 7. The van der Waals surface area contributed by atoms with Gasteiger partial charge >= 0.3 is 0 Å². The average molecular weight is 269 g/mol. The van der Waals surface area contributed by atoms with Crippen LogP contribution in [0.1, 0.15) is 30.9 Å². The van der Waals surface area contributed by atoms with Gasteiger partial charge in [0.05, 0.1) is 12.0 Å². The molecule has 100 valence electrons. The SMILES string of the molecule is CCCOCCCN1C(=O)CSC1c1ccco1. The van der Waals surface area contributed by atoms with Crippen molar-refractivity contribution in [3.63, 3.8) is 0 Å². The van der Waals surface area contributed by atoms with Gasteiger partial charge in [0, 0.05) is 19.8 Å². The standard InChI is InChI=1S/C13H19NO3S/c1-2-7-16-8-4-6-14-12(15)10-18-13(14)11-5-3-9-17-11/h3,5,9,13H,2,4,6-8,10H2,1H3. The Morgan fingerprint density at radius 1 is 1.56 bits per heavy atom. The summed E-state index contributed by atoms with van der Waals surface area (Å²) in [7, 11) is 0. The maximum Gasteiger partial charge on any atom is 0.233 e. The molecule has 1 aliphatic heterocycles. The maximum atomic E-state index is 11.8. The Labute approximate surface area is 112 Å². The zero-order valence-electron chi connectivity index (χ0n) is 10.6. The van der Waals surface area contributed by atoms with E-state index < -0.39 is 0 Å². The molecule has 0 bridgehead atoms. The number of nitrogens with zero attached hydrogens (tertiary/aromatic N) is 1. The summed E-state index contributed by atoms with van der Waals surface area (Å²) in [6, 6.07) is 3.79. The van der Waals surface area contributed by atoms with Gasteiger partial charge in [-0.05, 0) is 25.0 Å². The lowest BCUT2D eigenvalue weighted by molar-refractivity contribution is -0.128. The maximum absolute atomic E-state index is 11.8. The fraction of sp³-hybridized carbons (Fsp3) is 0.615. The van der Waals surface area contributed by atoms with Crippen molar-refractivity contribution in [1.82, 2.24) is 4.90 Å². The van der Waals surface area contributed by atoms with Crippen molar-refractivity contribution in [2.75, 3.05) is 25.5 Å². The van der Waals surface area contributed by atoms with E-state index >= 15 is 0 Å². The summed E-state index contributed by atoms with van der Waals surface area (Å²) in [5, 5.41) is 0.0404. The summed E-state index contributed by atoms with van der Waals surface area (Å²) >= 11 is 1.63. The molecule has 0 aromatic carbocycles. The van der Waals surface area contributed by atoms with Crippen LogP contribution in [0.25, 0.3) is 0 Å². The van der Waals surface area contributed by atoms with Gasteiger partial charge in [-0.25, -0.2) is 0 Å². The van der Waals surface area contributed by atoms with Gasteiger partial charge in [-0.1, -0.05) is 6.92 Å². The van der Waals surface area contributed by atoms with E-state index in [0.717, 1.165) is 31.8 Å². The fourth-order valence-electron chi connectivity index (χ4n) is 1.95. The predicted molar refractivity (Wildman–Crippen MR) is 71.3 cm³/mol. The molecule has 18 heavy (non-hydrogen) atoms. The summed E-state index contributed by atoms with van der Waals surface area (Å²) < 4.78 is 10.8. The van der Waals surface area contributed by atoms with Crippen LogP contribution in [0.4, 0.5) is 0 Å². The molecular formula is C13H19NO3S. The van der Waals surface area contributed by atoms with Crippen LogP contribution in [0.3, 0.4) is 0 Å². The lowest BCUT2D eigenvalue weighted by Crippen LogP contribution is -2.29. The normalized spacial score (nSPS) is 19.7. The second-order valence-corrected chi connectivity index (χ2v) is 5.30. The van der Waals surface area contributed by atoms with Gasteiger partial charge in [-0.3, -0.25) is 4.79 Å². The monoisotopic (exact) mass is 269 g/mol. The van der Waals surface area contributed by atoms with Crippen molar-refractivity contribution >= 4 is 17.7 Å². The Morgan fingerprint density at radius 2 is 2.44 bits per heavy atom. The predicted octanol–water partition coefficient (Wildman–Crippen LogP) is 2.67. The van der Waals surface area contributed by atoms with Crippen molar-refractivity contribution in [1.29, 1.82) is 0 Å². The molecule has 1 atom stereocenters. The van der Waals surface area contributed by atoms with Crippen molar-refractivity contribution in [2.24, 2.45) is 0 Å². The largest absolute Gasteiger partial charge is 0.466 e. The van der Waals surface area contributed by atoms with E-state index in [9.17, 15) is 4.79 Å². The lowest BCUT2D eigenvalue weighted by atomic mass is 10.3. The lowest BCUT2D eigenvalue weighted by Gasteiger charge is -2.22. The molecule has 1 aromatic rings. The molecule has 1 unspecified atom stereocenters. The second-order valence-electron chi connectivity index (χ2n) is 4.23. The molecular weight excluding hydrogens is 250 g/mol. The number of ether oxygens (including phenoxy) is 1. The van der Waals surface area contributed by atoms with Gasteiger partial charge < -0.3 is 14.1 Å². The molecule has 1 aliphatic rings. The van der Waals surface area contributed by atoms with Crippen molar-refractivity contribution in [2.45, 2.75) is 25.1 Å². The zero-order valence-corrected chi connectivity index (χ0v) is 11.4. The Morgan fingerprint density at radius 3 is 3.17 bits per heavy atom. The van der Waals surface area contributed by atoms with E-state index in [0.29, 0.717) is 12.4 Å². The third-order valence-corrected chi connectivity index (χ3v) is 4.01. The van der Waals surface area contributed by atoms with Crippen molar-refractivity contribution in [3.8, 4) is 0 Å². The number of carbonyl (C=O) groups excluding carboxylic acids is 1. The summed E-state index contributed by atoms with van der Waals surface area (Å²) in [6.07, 6.45) is 3.57. The number of hydrogen-bond donors (Lipinski definition) is 0. The molecule has 0 aliphatic carbocycles. The Kier molecular flexibility index (Phi) is 5.13. The van der Waals surface area contributed by atoms with Gasteiger partial charge in [0.1, 0.15) is 11.1 Å². The van der Waals surface area contributed by atoms with Gasteiger partial charge in [0.15, 0.2) is 0 Å². The summed E-state index contributed by atoms with van der Waals surface area (Å²) in [5.41, 5.74) is 0. The summed E-state index contributed by atoms with van der Waals surface area (Å²) in [6.45, 7) is 4.34. The van der Waals surface area contributed by atoms with Crippen LogP contribution >= 0.6 is 11.8 Å². The highest BCUT2D eigenvalue weighted by molar-refractivity contribution is 8.00. The quantitative estimate of drug-likeness (QED) is 0.714. The third kappa shape index (κ3) is 3.29. The van der Waals surface area contributed by atoms with Gasteiger partial charge in [0.2, 0.25) is 5.91 Å². The van der Waals surface area contributed by atoms with Crippen molar-refractivity contribution < 1.29 is 13.9 Å². The van der Waals surface area contributed by atoms with Crippen LogP contribution in [0.15, 0.2) is 22.8 Å². The number of thioether (sulfide) groups is 1. The zero-order chi connectivity index (χ0) is 12.8. The topological polar surface area (TPSA) is 42.7 Å². The van der Waals surface area contributed by atoms with E-state index in [1.165, 1.54) is 0 Å². The molecule has 0 radical (unpaired) electrons. The van der Waals surface area contributed by atoms with E-state index in [4.69, 9.17) is 9.15 Å². The van der Waals surface area contributed by atoms with Gasteiger partial charge in [-0.15, -0.1) is 11.8 Å². The van der Waals surface area contributed by atoms with Crippen LogP contribution in [0.2, 0.25) is 0 Å². The van der Waals surface area contributed by atoms with Gasteiger partial charge in [0.25, 0.3) is 0 Å². The molecule has 0 saturated carbocycles. The van der Waals surface area contributed by atoms with Gasteiger partial charge in [-0.2, -0.15) is 0 Å². The molecule has 0 spiro atoms. The fourth-order valence-corrected chi connectivity index (χ4v) is 3.11. The molecule has 1 saturated heterocycles. The van der Waals surface area contributed by atoms with Crippen molar-refractivity contribution in [3.05, 3.63) is 24.2 Å². The number of furan rings is 1. The van der Waals surface area contributed by atoms with Crippen LogP contribution in [0, 0.1) is 0 Å². The van der Waals surface area contributed by atoms with Crippen LogP contribution < -0.4 is 0 Å². The Balaban J connectivity index is 1.82. The third-order valence-electron chi connectivity index (χ3n) is 2.79. The van der Waals surface area contributed by atoms with Crippen LogP contribution in [-0.2, 0) is 9.53 Å². The first-order valence-corrected chi connectivity index (χ1v) is 7.40. The molecule has 2 rings (SSSR count). The van der Waals surface area contributed by atoms with E-state index in [1.54, 1.807) is 18.0 Å². The molecule has 1 amide bonds. The highest BCUT2D eigenvalue weighted by atomic mass is 32.2. The molecule has 5 heteroatoms. The second kappa shape index (κ2) is 6.85. The first kappa shape index (κ1) is 13.5. The van der Waals surface area contributed by atoms with E-state index in [2.05, 4.69) is 6.92 Å². The number of amides is 1. The first-order valence-electron chi connectivity index (χ1n) is 6.35. The summed E-state index contributed by atoms with van der Waals surface area (Å²) in [4.78, 5) is 13.7. The minimum Gasteiger partial charge on any atom is -0.466 e. The number of carbonyl (C=O) groups is 1. The minimum absolute atomic E-state index is 0.0404. The van der Waals surface area contributed by atoms with E-state index in [-0.39, 0.29) is 11.3 Å². The minimum atomic E-state index is 0.0404. The summed E-state index contributed by atoms with van der Waals surface area (Å²) in [5.74, 6) is 1.60. The molecule has 4 nitrogen and oxygen atoms in total. The smallest absolute Gasteiger partial charge is 0.233 e.